The fourth-order valence-corrected chi connectivity index (χ4v) is 2.75. The second kappa shape index (κ2) is 6.62. The van der Waals surface area contributed by atoms with E-state index in [0.29, 0.717) is 0 Å². The molecule has 1 saturated carbocycles. The Morgan fingerprint density at radius 3 is 2.68 bits per heavy atom. The smallest absolute Gasteiger partial charge is 0.0410 e. The van der Waals surface area contributed by atoms with Gasteiger partial charge in [-0.2, -0.15) is 0 Å². The summed E-state index contributed by atoms with van der Waals surface area (Å²) in [6, 6.07) is 7.23. The van der Waals surface area contributed by atoms with Crippen LogP contribution in [0.1, 0.15) is 45.1 Å². The maximum Gasteiger partial charge on any atom is 0.0410 e. The van der Waals surface area contributed by atoms with Gasteiger partial charge in [-0.05, 0) is 55.9 Å². The molecule has 1 aliphatic carbocycles. The SMILES string of the molecule is CCCN(c1ccc(Cl)cc1CC(N)CC)C1CC1. The first-order chi connectivity index (χ1) is 9.15. The van der Waals surface area contributed by atoms with Gasteiger partial charge in [0.1, 0.15) is 0 Å². The molecular formula is C16H25ClN2. The minimum Gasteiger partial charge on any atom is -0.368 e. The monoisotopic (exact) mass is 280 g/mol. The summed E-state index contributed by atoms with van der Waals surface area (Å²) in [4.78, 5) is 2.55. The molecule has 0 aromatic heterocycles. The molecule has 3 heteroatoms. The van der Waals surface area contributed by atoms with Crippen molar-refractivity contribution in [1.82, 2.24) is 0 Å². The summed E-state index contributed by atoms with van der Waals surface area (Å²) in [6.07, 6.45) is 5.74. The summed E-state index contributed by atoms with van der Waals surface area (Å²) in [5, 5.41) is 0.814. The van der Waals surface area contributed by atoms with Gasteiger partial charge in [0.15, 0.2) is 0 Å². The standard InChI is InChI=1S/C16H25ClN2/c1-3-9-19(15-6-7-15)16-8-5-13(17)10-12(16)11-14(18)4-2/h5,8,10,14-15H,3-4,6-7,9,11,18H2,1-2H3. The van der Waals surface area contributed by atoms with Crippen LogP contribution in [-0.4, -0.2) is 18.6 Å². The molecule has 0 bridgehead atoms. The Morgan fingerprint density at radius 2 is 2.11 bits per heavy atom. The highest BCUT2D eigenvalue weighted by Crippen LogP contribution is 2.35. The average molecular weight is 281 g/mol. The van der Waals surface area contributed by atoms with Crippen molar-refractivity contribution in [2.75, 3.05) is 11.4 Å². The van der Waals surface area contributed by atoms with Crippen LogP contribution in [0.3, 0.4) is 0 Å². The Hall–Kier alpha value is -0.730. The lowest BCUT2D eigenvalue weighted by Crippen LogP contribution is -2.29. The molecule has 2 nitrogen and oxygen atoms in total. The number of hydrogen-bond acceptors (Lipinski definition) is 2. The fourth-order valence-electron chi connectivity index (χ4n) is 2.55. The summed E-state index contributed by atoms with van der Waals surface area (Å²) in [5.74, 6) is 0. The van der Waals surface area contributed by atoms with E-state index in [0.717, 1.165) is 30.5 Å². The third kappa shape index (κ3) is 3.87. The van der Waals surface area contributed by atoms with Gasteiger partial charge in [-0.1, -0.05) is 25.4 Å². The summed E-state index contributed by atoms with van der Waals surface area (Å²) in [6.45, 7) is 5.50. The van der Waals surface area contributed by atoms with Crippen molar-refractivity contribution >= 4 is 17.3 Å². The van der Waals surface area contributed by atoms with Gasteiger partial charge in [0.05, 0.1) is 0 Å². The second-order valence-electron chi connectivity index (χ2n) is 5.57. The van der Waals surface area contributed by atoms with Gasteiger partial charge in [-0.3, -0.25) is 0 Å². The molecule has 1 unspecified atom stereocenters. The Bertz CT molecular complexity index is 415. The van der Waals surface area contributed by atoms with Gasteiger partial charge in [-0.25, -0.2) is 0 Å². The van der Waals surface area contributed by atoms with Crippen molar-refractivity contribution in [3.63, 3.8) is 0 Å². The highest BCUT2D eigenvalue weighted by molar-refractivity contribution is 6.30. The minimum absolute atomic E-state index is 0.222. The topological polar surface area (TPSA) is 29.3 Å². The molecule has 1 atom stereocenters. The van der Waals surface area contributed by atoms with Crippen LogP contribution in [-0.2, 0) is 6.42 Å². The number of nitrogens with zero attached hydrogens (tertiary/aromatic N) is 1. The molecule has 2 rings (SSSR count). The fraction of sp³-hybridized carbons (Fsp3) is 0.625. The van der Waals surface area contributed by atoms with Crippen molar-refractivity contribution in [3.05, 3.63) is 28.8 Å². The number of anilines is 1. The molecule has 0 radical (unpaired) electrons. The molecule has 19 heavy (non-hydrogen) atoms. The first kappa shape index (κ1) is 14.7. The van der Waals surface area contributed by atoms with Gasteiger partial charge in [0.25, 0.3) is 0 Å². The van der Waals surface area contributed by atoms with E-state index in [2.05, 4.69) is 30.9 Å². The third-order valence-electron chi connectivity index (χ3n) is 3.81. The average Bonchev–Trinajstić information content (AvgIpc) is 3.21. The molecule has 1 aliphatic rings. The Balaban J connectivity index is 2.26. The first-order valence-corrected chi connectivity index (χ1v) is 7.84. The maximum atomic E-state index is 6.16. The summed E-state index contributed by atoms with van der Waals surface area (Å²) in [5.41, 5.74) is 8.78. The summed E-state index contributed by atoms with van der Waals surface area (Å²) in [7, 11) is 0. The third-order valence-corrected chi connectivity index (χ3v) is 4.04. The van der Waals surface area contributed by atoms with Crippen LogP contribution in [0.5, 0.6) is 0 Å². The van der Waals surface area contributed by atoms with Crippen LogP contribution >= 0.6 is 11.6 Å². The lowest BCUT2D eigenvalue weighted by molar-refractivity contribution is 0.642. The van der Waals surface area contributed by atoms with E-state index in [1.807, 2.05) is 6.07 Å². The van der Waals surface area contributed by atoms with Crippen LogP contribution < -0.4 is 10.6 Å². The van der Waals surface area contributed by atoms with E-state index in [1.165, 1.54) is 30.5 Å². The van der Waals surface area contributed by atoms with E-state index >= 15 is 0 Å². The number of benzene rings is 1. The number of nitrogens with two attached hydrogens (primary N) is 1. The van der Waals surface area contributed by atoms with Gasteiger partial charge < -0.3 is 10.6 Å². The Labute approximate surface area is 121 Å². The largest absolute Gasteiger partial charge is 0.368 e. The Kier molecular flexibility index (Phi) is 5.12. The van der Waals surface area contributed by atoms with Crippen LogP contribution in [0.4, 0.5) is 5.69 Å². The van der Waals surface area contributed by atoms with Crippen molar-refractivity contribution < 1.29 is 0 Å². The molecule has 2 N–H and O–H groups in total. The van der Waals surface area contributed by atoms with Crippen LogP contribution in [0, 0.1) is 0 Å². The lowest BCUT2D eigenvalue weighted by atomic mass is 10.0. The van der Waals surface area contributed by atoms with E-state index < -0.39 is 0 Å². The Morgan fingerprint density at radius 1 is 1.37 bits per heavy atom. The maximum absolute atomic E-state index is 6.16. The molecule has 0 heterocycles. The van der Waals surface area contributed by atoms with Gasteiger partial charge >= 0.3 is 0 Å². The molecule has 1 fully saturated rings. The lowest BCUT2D eigenvalue weighted by Gasteiger charge is -2.27. The molecule has 0 aliphatic heterocycles. The molecule has 0 amide bonds. The number of rotatable bonds is 7. The second-order valence-corrected chi connectivity index (χ2v) is 6.01. The highest BCUT2D eigenvalue weighted by Gasteiger charge is 2.29. The number of halogens is 1. The molecular weight excluding hydrogens is 256 g/mol. The summed E-state index contributed by atoms with van der Waals surface area (Å²) < 4.78 is 0. The highest BCUT2D eigenvalue weighted by atomic mass is 35.5. The minimum atomic E-state index is 0.222. The van der Waals surface area contributed by atoms with E-state index in [-0.39, 0.29) is 6.04 Å². The van der Waals surface area contributed by atoms with Crippen molar-refractivity contribution in [2.45, 2.75) is 58.0 Å². The van der Waals surface area contributed by atoms with Crippen LogP contribution in [0.2, 0.25) is 5.02 Å². The van der Waals surface area contributed by atoms with Crippen LogP contribution in [0.15, 0.2) is 18.2 Å². The van der Waals surface area contributed by atoms with Crippen molar-refractivity contribution in [3.8, 4) is 0 Å². The van der Waals surface area contributed by atoms with Crippen LogP contribution in [0.25, 0.3) is 0 Å². The first-order valence-electron chi connectivity index (χ1n) is 7.46. The summed E-state index contributed by atoms with van der Waals surface area (Å²) >= 11 is 6.16. The molecule has 0 spiro atoms. The van der Waals surface area contributed by atoms with Crippen molar-refractivity contribution in [2.24, 2.45) is 5.73 Å². The van der Waals surface area contributed by atoms with Crippen molar-refractivity contribution in [1.29, 1.82) is 0 Å². The normalized spacial score (nSPS) is 16.4. The molecule has 1 aromatic carbocycles. The van der Waals surface area contributed by atoms with Gasteiger partial charge in [0.2, 0.25) is 0 Å². The van der Waals surface area contributed by atoms with E-state index in [4.69, 9.17) is 17.3 Å². The van der Waals surface area contributed by atoms with E-state index in [9.17, 15) is 0 Å². The zero-order chi connectivity index (χ0) is 13.8. The number of hydrogen-bond donors (Lipinski definition) is 1. The quantitative estimate of drug-likeness (QED) is 0.818. The predicted octanol–water partition coefficient (Wildman–Crippen LogP) is 4.00. The zero-order valence-electron chi connectivity index (χ0n) is 12.0. The van der Waals surface area contributed by atoms with Gasteiger partial charge in [0, 0.05) is 29.3 Å². The van der Waals surface area contributed by atoms with E-state index in [1.54, 1.807) is 0 Å². The molecule has 106 valence electrons. The molecule has 1 aromatic rings. The zero-order valence-corrected chi connectivity index (χ0v) is 12.8. The van der Waals surface area contributed by atoms with Gasteiger partial charge in [-0.15, -0.1) is 0 Å². The molecule has 0 saturated heterocycles. The predicted molar refractivity (Wildman–Crippen MR) is 84.1 cm³/mol.